The fraction of sp³-hybridized carbons (Fsp3) is 0.609. The van der Waals surface area contributed by atoms with Crippen molar-refractivity contribution in [2.45, 2.75) is 46.5 Å². The molecule has 0 bridgehead atoms. The van der Waals surface area contributed by atoms with Crippen LogP contribution in [0.2, 0.25) is 0 Å². The van der Waals surface area contributed by atoms with E-state index in [-0.39, 0.29) is 11.3 Å². The first-order valence-electron chi connectivity index (χ1n) is 10.6. The van der Waals surface area contributed by atoms with Gasteiger partial charge in [0.1, 0.15) is 0 Å². The second-order valence-corrected chi connectivity index (χ2v) is 8.64. The first-order chi connectivity index (χ1) is 13.7. The number of hydrogen-bond donors (Lipinski definition) is 0. The van der Waals surface area contributed by atoms with Crippen molar-refractivity contribution in [2.75, 3.05) is 45.8 Å². The van der Waals surface area contributed by atoms with Crippen LogP contribution < -0.4 is 0 Å². The van der Waals surface area contributed by atoms with E-state index in [2.05, 4.69) is 25.7 Å². The fourth-order valence-electron chi connectivity index (χ4n) is 3.59. The summed E-state index contributed by atoms with van der Waals surface area (Å²) in [5.41, 5.74) is 1.56. The highest BCUT2D eigenvalue weighted by molar-refractivity contribution is 6.42. The van der Waals surface area contributed by atoms with E-state index in [9.17, 15) is 14.4 Å². The molecule has 1 aliphatic rings. The van der Waals surface area contributed by atoms with Crippen molar-refractivity contribution in [3.63, 3.8) is 0 Å². The summed E-state index contributed by atoms with van der Waals surface area (Å²) in [6, 6.07) is 7.33. The number of carbonyl (C=O) groups excluding carboxylic acids is 3. The number of ketones is 1. The van der Waals surface area contributed by atoms with Gasteiger partial charge in [0.15, 0.2) is 0 Å². The zero-order valence-corrected chi connectivity index (χ0v) is 18.5. The molecule has 0 aromatic heterocycles. The number of rotatable bonds is 6. The SMILES string of the molecule is CCN(CC)C(=O)CN1CCCN(C(=O)C(=O)c2ccc(C(C)(C)C)cc2)CC1. The molecule has 1 heterocycles. The third-order valence-corrected chi connectivity index (χ3v) is 5.56. The Hall–Kier alpha value is -2.21. The maximum Gasteiger partial charge on any atom is 0.295 e. The molecular formula is C23H35N3O3. The van der Waals surface area contributed by atoms with E-state index in [1.807, 2.05) is 30.9 Å². The van der Waals surface area contributed by atoms with Gasteiger partial charge in [-0.25, -0.2) is 0 Å². The van der Waals surface area contributed by atoms with Crippen molar-refractivity contribution >= 4 is 17.6 Å². The zero-order chi connectivity index (χ0) is 21.6. The zero-order valence-electron chi connectivity index (χ0n) is 18.5. The number of carbonyl (C=O) groups is 3. The van der Waals surface area contributed by atoms with Gasteiger partial charge in [-0.3, -0.25) is 19.3 Å². The van der Waals surface area contributed by atoms with Gasteiger partial charge in [-0.15, -0.1) is 0 Å². The first kappa shape index (κ1) is 23.1. The summed E-state index contributed by atoms with van der Waals surface area (Å²) >= 11 is 0. The van der Waals surface area contributed by atoms with Gasteiger partial charge in [0.25, 0.3) is 5.91 Å². The van der Waals surface area contributed by atoms with Gasteiger partial charge in [0.2, 0.25) is 11.7 Å². The van der Waals surface area contributed by atoms with Crippen molar-refractivity contribution in [1.29, 1.82) is 0 Å². The molecule has 1 fully saturated rings. The molecule has 1 saturated heterocycles. The maximum absolute atomic E-state index is 12.7. The summed E-state index contributed by atoms with van der Waals surface area (Å²) in [5, 5.41) is 0. The van der Waals surface area contributed by atoms with Crippen LogP contribution in [-0.4, -0.2) is 78.1 Å². The van der Waals surface area contributed by atoms with Crippen LogP contribution in [0.15, 0.2) is 24.3 Å². The minimum atomic E-state index is -0.460. The van der Waals surface area contributed by atoms with Gasteiger partial charge in [0.05, 0.1) is 6.54 Å². The van der Waals surface area contributed by atoms with Gasteiger partial charge < -0.3 is 9.80 Å². The fourth-order valence-corrected chi connectivity index (χ4v) is 3.59. The lowest BCUT2D eigenvalue weighted by molar-refractivity contribution is -0.132. The molecule has 2 amide bonds. The maximum atomic E-state index is 12.7. The Labute approximate surface area is 174 Å². The van der Waals surface area contributed by atoms with E-state index >= 15 is 0 Å². The molecule has 0 unspecified atom stereocenters. The summed E-state index contributed by atoms with van der Waals surface area (Å²) in [6.07, 6.45) is 0.757. The van der Waals surface area contributed by atoms with E-state index in [0.29, 0.717) is 44.8 Å². The number of benzene rings is 1. The van der Waals surface area contributed by atoms with Crippen LogP contribution in [-0.2, 0) is 15.0 Å². The van der Waals surface area contributed by atoms with Gasteiger partial charge in [-0.2, -0.15) is 0 Å². The lowest BCUT2D eigenvalue weighted by Gasteiger charge is -2.25. The minimum Gasteiger partial charge on any atom is -0.342 e. The van der Waals surface area contributed by atoms with E-state index in [1.165, 1.54) is 0 Å². The van der Waals surface area contributed by atoms with Gasteiger partial charge in [-0.1, -0.05) is 45.0 Å². The third kappa shape index (κ3) is 6.13. The van der Waals surface area contributed by atoms with Crippen LogP contribution in [0.4, 0.5) is 0 Å². The van der Waals surface area contributed by atoms with Crippen LogP contribution in [0.1, 0.15) is 57.0 Å². The number of amides is 2. The molecule has 2 rings (SSSR count). The van der Waals surface area contributed by atoms with E-state index in [4.69, 9.17) is 0 Å². The van der Waals surface area contributed by atoms with E-state index in [1.54, 1.807) is 17.0 Å². The van der Waals surface area contributed by atoms with Crippen LogP contribution in [0, 0.1) is 0 Å². The van der Waals surface area contributed by atoms with Gasteiger partial charge >= 0.3 is 0 Å². The molecule has 1 aliphatic heterocycles. The van der Waals surface area contributed by atoms with Crippen LogP contribution in [0.5, 0.6) is 0 Å². The molecule has 0 spiro atoms. The van der Waals surface area contributed by atoms with Crippen molar-refractivity contribution in [1.82, 2.24) is 14.7 Å². The van der Waals surface area contributed by atoms with Crippen molar-refractivity contribution < 1.29 is 14.4 Å². The summed E-state index contributed by atoms with van der Waals surface area (Å²) in [7, 11) is 0. The molecule has 1 aromatic carbocycles. The highest BCUT2D eigenvalue weighted by Gasteiger charge is 2.26. The summed E-state index contributed by atoms with van der Waals surface area (Å²) < 4.78 is 0. The Morgan fingerprint density at radius 3 is 2.10 bits per heavy atom. The van der Waals surface area contributed by atoms with Crippen molar-refractivity contribution in [3.05, 3.63) is 35.4 Å². The Morgan fingerprint density at radius 1 is 0.931 bits per heavy atom. The molecule has 0 saturated carbocycles. The van der Waals surface area contributed by atoms with Crippen molar-refractivity contribution in [3.8, 4) is 0 Å². The van der Waals surface area contributed by atoms with Crippen molar-refractivity contribution in [2.24, 2.45) is 0 Å². The summed E-state index contributed by atoms with van der Waals surface area (Å²) in [5.74, 6) is -0.798. The Bertz CT molecular complexity index is 718. The van der Waals surface area contributed by atoms with Crippen LogP contribution in [0.25, 0.3) is 0 Å². The van der Waals surface area contributed by atoms with Crippen LogP contribution in [0.3, 0.4) is 0 Å². The van der Waals surface area contributed by atoms with E-state index in [0.717, 1.165) is 18.5 Å². The molecule has 6 heteroatoms. The highest BCUT2D eigenvalue weighted by atomic mass is 16.2. The second-order valence-electron chi connectivity index (χ2n) is 8.64. The molecular weight excluding hydrogens is 366 g/mol. The van der Waals surface area contributed by atoms with Gasteiger partial charge in [-0.05, 0) is 31.2 Å². The lowest BCUT2D eigenvalue weighted by Crippen LogP contribution is -2.42. The molecule has 0 radical (unpaired) electrons. The highest BCUT2D eigenvalue weighted by Crippen LogP contribution is 2.22. The second kappa shape index (κ2) is 10.0. The first-order valence-corrected chi connectivity index (χ1v) is 10.6. The van der Waals surface area contributed by atoms with E-state index < -0.39 is 11.7 Å². The normalized spacial score (nSPS) is 15.7. The Kier molecular flexibility index (Phi) is 7.96. The monoisotopic (exact) mass is 401 g/mol. The summed E-state index contributed by atoms with van der Waals surface area (Å²) in [6.45, 7) is 14.4. The number of Topliss-reactive ketones (excluding diaryl/α,β-unsaturated/α-hetero) is 1. The Morgan fingerprint density at radius 2 is 1.55 bits per heavy atom. The average Bonchev–Trinajstić information content (AvgIpc) is 2.93. The topological polar surface area (TPSA) is 60.9 Å². The molecule has 0 atom stereocenters. The largest absolute Gasteiger partial charge is 0.342 e. The molecule has 0 aliphatic carbocycles. The molecule has 0 N–H and O–H groups in total. The lowest BCUT2D eigenvalue weighted by atomic mass is 9.86. The number of likely N-dealkylation sites (N-methyl/N-ethyl adjacent to an activating group) is 1. The predicted molar refractivity (Wildman–Crippen MR) is 115 cm³/mol. The quantitative estimate of drug-likeness (QED) is 0.543. The number of hydrogen-bond acceptors (Lipinski definition) is 4. The third-order valence-electron chi connectivity index (χ3n) is 5.56. The molecule has 1 aromatic rings. The van der Waals surface area contributed by atoms with Gasteiger partial charge in [0, 0.05) is 44.8 Å². The number of nitrogens with zero attached hydrogens (tertiary/aromatic N) is 3. The molecule has 29 heavy (non-hydrogen) atoms. The molecule has 160 valence electrons. The summed E-state index contributed by atoms with van der Waals surface area (Å²) in [4.78, 5) is 43.3. The minimum absolute atomic E-state index is 0.00238. The average molecular weight is 402 g/mol. The molecule has 6 nitrogen and oxygen atoms in total. The smallest absolute Gasteiger partial charge is 0.295 e. The standard InChI is InChI=1S/C23H35N3O3/c1-6-25(7-2)20(27)17-24-13-8-14-26(16-15-24)22(29)21(28)18-9-11-19(12-10-18)23(3,4)5/h9-12H,6-8,13-17H2,1-5H3. The Balaban J connectivity index is 1.96. The predicted octanol–water partition coefficient (Wildman–Crippen LogP) is 2.57. The van der Waals surface area contributed by atoms with Crippen LogP contribution >= 0.6 is 0 Å².